The number of nitrogens with zero attached hydrogens (tertiary/aromatic N) is 1. The molecule has 0 saturated carbocycles. The summed E-state index contributed by atoms with van der Waals surface area (Å²) in [6.45, 7) is 3.54. The number of phenols is 1. The van der Waals surface area contributed by atoms with Gasteiger partial charge in [-0.05, 0) is 16.8 Å². The molecule has 1 aliphatic rings. The predicted octanol–water partition coefficient (Wildman–Crippen LogP) is 1.52. The van der Waals surface area contributed by atoms with Crippen molar-refractivity contribution in [3.63, 3.8) is 0 Å². The summed E-state index contributed by atoms with van der Waals surface area (Å²) < 4.78 is 5.37. The lowest BCUT2D eigenvalue weighted by Gasteiger charge is -2.27. The van der Waals surface area contributed by atoms with E-state index in [0.29, 0.717) is 19.8 Å². The number of morpholine rings is 1. The van der Waals surface area contributed by atoms with Gasteiger partial charge in [0.25, 0.3) is 5.91 Å². The second-order valence-electron chi connectivity index (χ2n) is 5.84. The van der Waals surface area contributed by atoms with Crippen LogP contribution in [-0.2, 0) is 11.3 Å². The van der Waals surface area contributed by atoms with Crippen LogP contribution in [0.25, 0.3) is 10.8 Å². The van der Waals surface area contributed by atoms with Gasteiger partial charge in [0, 0.05) is 31.7 Å². The monoisotopic (exact) mass is 366 g/mol. The second kappa shape index (κ2) is 9.01. The van der Waals surface area contributed by atoms with Gasteiger partial charge in [0.15, 0.2) is 0 Å². The number of ether oxygens (including phenoxy) is 1. The van der Waals surface area contributed by atoms with E-state index in [1.54, 1.807) is 6.07 Å². The zero-order valence-corrected chi connectivity index (χ0v) is 14.7. The average molecular weight is 367 g/mol. The Balaban J connectivity index is 0.00000225. The van der Waals surface area contributed by atoms with Crippen molar-refractivity contribution < 1.29 is 19.7 Å². The zero-order chi connectivity index (χ0) is 16.9. The summed E-state index contributed by atoms with van der Waals surface area (Å²) in [5.41, 5.74) is 0.995. The van der Waals surface area contributed by atoms with Gasteiger partial charge in [-0.1, -0.05) is 24.3 Å². The number of rotatable bonds is 5. The molecule has 1 heterocycles. The van der Waals surface area contributed by atoms with Crippen molar-refractivity contribution in [3.8, 4) is 5.75 Å². The molecule has 2 aromatic rings. The molecular weight excluding hydrogens is 344 g/mol. The first-order valence-electron chi connectivity index (χ1n) is 8.13. The Morgan fingerprint density at radius 1 is 1.24 bits per heavy atom. The molecule has 0 radical (unpaired) electrons. The van der Waals surface area contributed by atoms with Gasteiger partial charge in [-0.3, -0.25) is 9.69 Å². The molecule has 0 bridgehead atoms. The first-order chi connectivity index (χ1) is 11.7. The number of amides is 1. The van der Waals surface area contributed by atoms with Crippen molar-refractivity contribution >= 4 is 29.1 Å². The highest BCUT2D eigenvalue weighted by Crippen LogP contribution is 2.32. The lowest BCUT2D eigenvalue weighted by molar-refractivity contribution is 0.0340. The third-order valence-corrected chi connectivity index (χ3v) is 4.25. The summed E-state index contributed by atoms with van der Waals surface area (Å²) in [4.78, 5) is 14.5. The van der Waals surface area contributed by atoms with Gasteiger partial charge < -0.3 is 20.3 Å². The van der Waals surface area contributed by atoms with Crippen molar-refractivity contribution in [2.75, 3.05) is 39.5 Å². The van der Waals surface area contributed by atoms with Gasteiger partial charge >= 0.3 is 0 Å². The highest BCUT2D eigenvalue weighted by molar-refractivity contribution is 6.03. The molecule has 0 aromatic heterocycles. The number of aliphatic hydroxyl groups excluding tert-OH is 1. The number of hydrogen-bond donors (Lipinski definition) is 3. The number of aromatic hydroxyl groups is 1. The van der Waals surface area contributed by atoms with Crippen LogP contribution in [0.4, 0.5) is 0 Å². The maximum atomic E-state index is 12.3. The highest BCUT2D eigenvalue weighted by Gasteiger charge is 2.20. The maximum Gasteiger partial charge on any atom is 0.255 e. The van der Waals surface area contributed by atoms with Gasteiger partial charge in [-0.15, -0.1) is 12.4 Å². The van der Waals surface area contributed by atoms with Crippen molar-refractivity contribution in [2.24, 2.45) is 0 Å². The lowest BCUT2D eigenvalue weighted by Crippen LogP contribution is -2.35. The molecule has 1 saturated heterocycles. The van der Waals surface area contributed by atoms with Gasteiger partial charge in [0.05, 0.1) is 25.4 Å². The Kier molecular flexibility index (Phi) is 7.01. The van der Waals surface area contributed by atoms with E-state index >= 15 is 0 Å². The Labute approximate surface area is 152 Å². The Morgan fingerprint density at radius 2 is 1.96 bits per heavy atom. The number of aliphatic hydroxyl groups is 1. The summed E-state index contributed by atoms with van der Waals surface area (Å²) in [7, 11) is 0. The molecule has 0 spiro atoms. The molecule has 0 atom stereocenters. The van der Waals surface area contributed by atoms with Crippen LogP contribution >= 0.6 is 12.4 Å². The van der Waals surface area contributed by atoms with Crippen LogP contribution < -0.4 is 5.32 Å². The number of benzene rings is 2. The number of nitrogens with one attached hydrogen (secondary N) is 1. The minimum absolute atomic E-state index is 0. The van der Waals surface area contributed by atoms with E-state index in [0.717, 1.165) is 29.4 Å². The van der Waals surface area contributed by atoms with Crippen LogP contribution in [0, 0.1) is 0 Å². The van der Waals surface area contributed by atoms with Gasteiger partial charge in [-0.25, -0.2) is 0 Å². The van der Waals surface area contributed by atoms with E-state index in [-0.39, 0.29) is 42.8 Å². The molecule has 136 valence electrons. The van der Waals surface area contributed by atoms with E-state index in [1.807, 2.05) is 24.3 Å². The molecule has 3 N–H and O–H groups in total. The number of carbonyl (C=O) groups is 1. The Morgan fingerprint density at radius 3 is 2.68 bits per heavy atom. The largest absolute Gasteiger partial charge is 0.507 e. The minimum Gasteiger partial charge on any atom is -0.507 e. The van der Waals surface area contributed by atoms with Crippen LogP contribution in [0.3, 0.4) is 0 Å². The first-order valence-corrected chi connectivity index (χ1v) is 8.13. The lowest BCUT2D eigenvalue weighted by atomic mass is 9.98. The quantitative estimate of drug-likeness (QED) is 0.747. The minimum atomic E-state index is -0.379. The molecule has 1 aliphatic heterocycles. The molecule has 6 nitrogen and oxygen atoms in total. The molecule has 2 aromatic carbocycles. The third-order valence-electron chi connectivity index (χ3n) is 4.25. The molecular formula is C18H23ClN2O4. The fourth-order valence-corrected chi connectivity index (χ4v) is 2.99. The normalized spacial score (nSPS) is 14.9. The van der Waals surface area contributed by atoms with E-state index in [2.05, 4.69) is 10.2 Å². The van der Waals surface area contributed by atoms with E-state index in [9.17, 15) is 9.90 Å². The molecule has 0 aliphatic carbocycles. The molecule has 0 unspecified atom stereocenters. The second-order valence-corrected chi connectivity index (χ2v) is 5.84. The standard InChI is InChI=1S/C18H22N2O4.ClH/c21-8-5-19-18(23)15-11-13-3-1-2-4-14(13)16(17(15)22)12-20-6-9-24-10-7-20;/h1-4,11,21-22H,5-10,12H2,(H,19,23);1H. The highest BCUT2D eigenvalue weighted by atomic mass is 35.5. The van der Waals surface area contributed by atoms with Gasteiger partial charge in [0.2, 0.25) is 0 Å². The van der Waals surface area contributed by atoms with Crippen LogP contribution in [0.15, 0.2) is 30.3 Å². The number of phenolic OH excluding ortho intramolecular Hbond substituents is 1. The summed E-state index contributed by atoms with van der Waals surface area (Å²) in [6, 6.07) is 9.42. The number of fused-ring (bicyclic) bond motifs is 1. The van der Waals surface area contributed by atoms with Crippen molar-refractivity contribution in [3.05, 3.63) is 41.5 Å². The van der Waals surface area contributed by atoms with Crippen LogP contribution in [0.1, 0.15) is 15.9 Å². The number of halogens is 1. The maximum absolute atomic E-state index is 12.3. The van der Waals surface area contributed by atoms with Crippen molar-refractivity contribution in [1.29, 1.82) is 0 Å². The van der Waals surface area contributed by atoms with Crippen LogP contribution in [0.2, 0.25) is 0 Å². The zero-order valence-electron chi connectivity index (χ0n) is 13.9. The fourth-order valence-electron chi connectivity index (χ4n) is 2.99. The van der Waals surface area contributed by atoms with E-state index in [4.69, 9.17) is 9.84 Å². The molecule has 1 fully saturated rings. The van der Waals surface area contributed by atoms with Crippen molar-refractivity contribution in [2.45, 2.75) is 6.54 Å². The number of carbonyl (C=O) groups excluding carboxylic acids is 1. The smallest absolute Gasteiger partial charge is 0.255 e. The average Bonchev–Trinajstić information content (AvgIpc) is 2.62. The third kappa shape index (κ3) is 4.41. The predicted molar refractivity (Wildman–Crippen MR) is 98.4 cm³/mol. The molecule has 1 amide bonds. The van der Waals surface area contributed by atoms with Gasteiger partial charge in [0.1, 0.15) is 5.75 Å². The molecule has 3 rings (SSSR count). The van der Waals surface area contributed by atoms with Crippen molar-refractivity contribution in [1.82, 2.24) is 10.2 Å². The molecule has 25 heavy (non-hydrogen) atoms. The topological polar surface area (TPSA) is 82.0 Å². The first kappa shape index (κ1) is 19.5. The Bertz CT molecular complexity index is 732. The van der Waals surface area contributed by atoms with Crippen LogP contribution in [0.5, 0.6) is 5.75 Å². The Hall–Kier alpha value is -1.86. The summed E-state index contributed by atoms with van der Waals surface area (Å²) in [5, 5.41) is 24.0. The summed E-state index contributed by atoms with van der Waals surface area (Å²) >= 11 is 0. The SMILES string of the molecule is Cl.O=C(NCCO)c1cc2ccccc2c(CN2CCOCC2)c1O. The fraction of sp³-hybridized carbons (Fsp3) is 0.389. The summed E-state index contributed by atoms with van der Waals surface area (Å²) in [5.74, 6) is -0.369. The summed E-state index contributed by atoms with van der Waals surface area (Å²) in [6.07, 6.45) is 0. The number of hydrogen-bond acceptors (Lipinski definition) is 5. The van der Waals surface area contributed by atoms with E-state index < -0.39 is 0 Å². The van der Waals surface area contributed by atoms with Crippen LogP contribution in [-0.4, -0.2) is 60.5 Å². The molecule has 7 heteroatoms. The van der Waals surface area contributed by atoms with Gasteiger partial charge in [-0.2, -0.15) is 0 Å². The van der Waals surface area contributed by atoms with E-state index in [1.165, 1.54) is 0 Å².